The number of ketones is 1. The average Bonchev–Trinajstić information content (AvgIpc) is 2.75. The molecule has 0 saturated carbocycles. The summed E-state index contributed by atoms with van der Waals surface area (Å²) in [4.78, 5) is 23.9. The molecule has 0 amide bonds. The van der Waals surface area contributed by atoms with Crippen molar-refractivity contribution in [3.63, 3.8) is 0 Å². The maximum atomic E-state index is 12.6. The largest absolute Gasteiger partial charge is 0.507 e. The summed E-state index contributed by atoms with van der Waals surface area (Å²) in [6, 6.07) is 6.12. The highest BCUT2D eigenvalue weighted by Crippen LogP contribution is 2.43. The lowest BCUT2D eigenvalue weighted by atomic mass is 9.95. The molecular weight excluding hydrogens is 444 g/mol. The van der Waals surface area contributed by atoms with Crippen LogP contribution in [0.4, 0.5) is 0 Å². The molecule has 33 heavy (non-hydrogen) atoms. The second kappa shape index (κ2) is 8.41. The van der Waals surface area contributed by atoms with Gasteiger partial charge in [0.2, 0.25) is 6.29 Å². The van der Waals surface area contributed by atoms with Gasteiger partial charge in [0.25, 0.3) is 0 Å². The van der Waals surface area contributed by atoms with Gasteiger partial charge in [-0.1, -0.05) is 6.07 Å². The van der Waals surface area contributed by atoms with Crippen molar-refractivity contribution in [3.05, 3.63) is 41.5 Å². The molecule has 2 aromatic rings. The number of carboxylic acid groups (broad SMARTS) is 1. The minimum atomic E-state index is -1.90. The average molecular weight is 464 g/mol. The molecule has 1 fully saturated rings. The van der Waals surface area contributed by atoms with Crippen LogP contribution in [0.3, 0.4) is 0 Å². The molecule has 7 N–H and O–H groups in total. The Labute approximate surface area is 185 Å². The molecule has 0 bridgehead atoms. The topological polar surface area (TPSA) is 203 Å². The van der Waals surface area contributed by atoms with Crippen LogP contribution in [-0.2, 0) is 9.53 Å². The molecule has 12 nitrogen and oxygen atoms in total. The molecule has 176 valence electrons. The molecule has 1 saturated heterocycles. The van der Waals surface area contributed by atoms with Gasteiger partial charge in [-0.25, -0.2) is 4.79 Å². The van der Waals surface area contributed by atoms with Gasteiger partial charge in [-0.15, -0.1) is 0 Å². The number of hydrogen-bond donors (Lipinski definition) is 7. The highest BCUT2D eigenvalue weighted by Gasteiger charge is 2.48. The van der Waals surface area contributed by atoms with E-state index in [1.54, 1.807) is 0 Å². The van der Waals surface area contributed by atoms with Crippen LogP contribution >= 0.6 is 0 Å². The van der Waals surface area contributed by atoms with Crippen LogP contribution in [0, 0.1) is 0 Å². The number of ether oxygens (including phenoxy) is 3. The zero-order valence-corrected chi connectivity index (χ0v) is 16.7. The quantitative estimate of drug-likeness (QED) is 0.294. The smallest absolute Gasteiger partial charge is 0.335 e. The summed E-state index contributed by atoms with van der Waals surface area (Å²) in [6.07, 6.45) is -10.3. The van der Waals surface area contributed by atoms with Crippen molar-refractivity contribution in [2.45, 2.75) is 43.2 Å². The van der Waals surface area contributed by atoms with E-state index in [1.807, 2.05) is 0 Å². The second-order valence-corrected chi connectivity index (χ2v) is 7.65. The second-order valence-electron chi connectivity index (χ2n) is 7.65. The molecule has 2 heterocycles. The van der Waals surface area contributed by atoms with E-state index in [2.05, 4.69) is 0 Å². The first-order chi connectivity index (χ1) is 15.6. The van der Waals surface area contributed by atoms with E-state index in [1.165, 1.54) is 24.3 Å². The number of hydrogen-bond acceptors (Lipinski definition) is 11. The van der Waals surface area contributed by atoms with Crippen molar-refractivity contribution < 1.29 is 59.5 Å². The van der Waals surface area contributed by atoms with E-state index in [4.69, 9.17) is 19.3 Å². The first kappa shape index (κ1) is 22.6. The van der Waals surface area contributed by atoms with Crippen LogP contribution in [-0.4, -0.2) is 78.2 Å². The number of phenols is 3. The van der Waals surface area contributed by atoms with Crippen molar-refractivity contribution in [2.75, 3.05) is 0 Å². The van der Waals surface area contributed by atoms with Crippen LogP contribution in [0.15, 0.2) is 30.3 Å². The third-order valence-corrected chi connectivity index (χ3v) is 5.41. The van der Waals surface area contributed by atoms with Crippen LogP contribution in [0.2, 0.25) is 0 Å². The zero-order valence-electron chi connectivity index (χ0n) is 16.7. The molecule has 0 spiro atoms. The van der Waals surface area contributed by atoms with Gasteiger partial charge in [0.15, 0.2) is 23.4 Å². The number of phenolic OH excluding ortho intramolecular Hbond substituents is 3. The number of benzene rings is 2. The molecule has 2 aliphatic rings. The normalized spacial score (nSPS) is 29.1. The van der Waals surface area contributed by atoms with E-state index in [0.717, 1.165) is 6.07 Å². The third-order valence-electron chi connectivity index (χ3n) is 5.41. The lowest BCUT2D eigenvalue weighted by molar-refractivity contribution is -0.271. The monoisotopic (exact) mass is 464 g/mol. The van der Waals surface area contributed by atoms with Crippen LogP contribution < -0.4 is 9.47 Å². The fraction of sp³-hybridized carbons (Fsp3) is 0.333. The Bertz CT molecular complexity index is 1100. The van der Waals surface area contributed by atoms with Gasteiger partial charge in [0.05, 0.1) is 6.42 Å². The van der Waals surface area contributed by atoms with Crippen molar-refractivity contribution in [1.29, 1.82) is 0 Å². The summed E-state index contributed by atoms with van der Waals surface area (Å²) in [7, 11) is 0. The van der Waals surface area contributed by atoms with Gasteiger partial charge in [-0.2, -0.15) is 0 Å². The molecule has 2 aromatic carbocycles. The number of aliphatic hydroxyl groups is 3. The fourth-order valence-electron chi connectivity index (χ4n) is 3.69. The van der Waals surface area contributed by atoms with Crippen molar-refractivity contribution >= 4 is 11.8 Å². The number of carbonyl (C=O) groups excluding carboxylic acids is 1. The Morgan fingerprint density at radius 2 is 1.67 bits per heavy atom. The van der Waals surface area contributed by atoms with Crippen LogP contribution in [0.1, 0.15) is 28.4 Å². The first-order valence-corrected chi connectivity index (χ1v) is 9.74. The number of aromatic hydroxyl groups is 3. The zero-order chi connectivity index (χ0) is 24.0. The molecule has 2 aliphatic heterocycles. The molecule has 0 aromatic heterocycles. The van der Waals surface area contributed by atoms with Crippen molar-refractivity contribution in [1.82, 2.24) is 0 Å². The summed E-state index contributed by atoms with van der Waals surface area (Å²) in [5.41, 5.74) is 0.244. The van der Waals surface area contributed by atoms with Gasteiger partial charge < -0.3 is 50.0 Å². The summed E-state index contributed by atoms with van der Waals surface area (Å²) >= 11 is 0. The minimum Gasteiger partial charge on any atom is -0.507 e. The summed E-state index contributed by atoms with van der Waals surface area (Å²) in [6.45, 7) is 0. The number of carboxylic acids is 1. The Balaban J connectivity index is 1.61. The van der Waals surface area contributed by atoms with E-state index in [-0.39, 0.29) is 29.2 Å². The number of Topliss-reactive ketones (excluding diaryl/α,β-unsaturated/α-hetero) is 1. The third kappa shape index (κ3) is 4.12. The van der Waals surface area contributed by atoms with Crippen molar-refractivity contribution in [2.24, 2.45) is 0 Å². The minimum absolute atomic E-state index is 0.0977. The standard InChI is InChI=1S/C21H20O12/c22-9-2-1-7(3-10(9)23)13-6-12(25)15-11(24)4-8(5-14(15)32-13)31-21-18(28)16(26)17(27)19(33-21)20(29)30/h1-5,13,16-19,21-24,26-28H,6H2,(H,29,30)/t13-,16-,17-,18+,19-,21+/m1/s1. The van der Waals surface area contributed by atoms with Crippen LogP contribution in [0.25, 0.3) is 0 Å². The number of aliphatic hydroxyl groups excluding tert-OH is 3. The van der Waals surface area contributed by atoms with Gasteiger partial charge >= 0.3 is 5.97 Å². The number of fused-ring (bicyclic) bond motifs is 1. The van der Waals surface area contributed by atoms with E-state index in [9.17, 15) is 40.2 Å². The molecule has 4 rings (SSSR count). The lowest BCUT2D eigenvalue weighted by Gasteiger charge is -2.38. The van der Waals surface area contributed by atoms with E-state index in [0.29, 0.717) is 5.56 Å². The van der Waals surface area contributed by atoms with E-state index >= 15 is 0 Å². The Hall–Kier alpha value is -3.58. The molecule has 12 heteroatoms. The maximum absolute atomic E-state index is 12.6. The lowest BCUT2D eigenvalue weighted by Crippen LogP contribution is -2.61. The summed E-state index contributed by atoms with van der Waals surface area (Å²) in [5, 5.41) is 68.5. The highest BCUT2D eigenvalue weighted by molar-refractivity contribution is 6.02. The number of aliphatic carboxylic acids is 1. The Morgan fingerprint density at radius 3 is 2.33 bits per heavy atom. The SMILES string of the molecule is O=C1C[C@H](c2ccc(O)c(O)c2)Oc2cc(O[C@H]3O[C@@H](C(=O)O)[C@H](O)[C@@H](O)[C@@H]3O)cc(O)c21. The van der Waals surface area contributed by atoms with Crippen molar-refractivity contribution in [3.8, 4) is 28.7 Å². The van der Waals surface area contributed by atoms with Gasteiger partial charge in [0, 0.05) is 12.1 Å². The molecule has 0 unspecified atom stereocenters. The highest BCUT2D eigenvalue weighted by atomic mass is 16.7. The molecular formula is C21H20O12. The van der Waals surface area contributed by atoms with Crippen LogP contribution in [0.5, 0.6) is 28.7 Å². The Kier molecular flexibility index (Phi) is 5.76. The van der Waals surface area contributed by atoms with Gasteiger partial charge in [0.1, 0.15) is 47.2 Å². The molecule has 6 atom stereocenters. The molecule has 0 radical (unpaired) electrons. The number of carbonyl (C=O) groups is 2. The predicted molar refractivity (Wildman–Crippen MR) is 105 cm³/mol. The maximum Gasteiger partial charge on any atom is 0.335 e. The summed E-state index contributed by atoms with van der Waals surface area (Å²) in [5.74, 6) is -3.63. The Morgan fingerprint density at radius 1 is 0.939 bits per heavy atom. The van der Waals surface area contributed by atoms with E-state index < -0.39 is 60.1 Å². The number of rotatable bonds is 4. The predicted octanol–water partition coefficient (Wildman–Crippen LogP) is -0.219. The fourth-order valence-corrected chi connectivity index (χ4v) is 3.69. The first-order valence-electron chi connectivity index (χ1n) is 9.74. The van der Waals surface area contributed by atoms with Gasteiger partial charge in [-0.3, -0.25) is 4.79 Å². The summed E-state index contributed by atoms with van der Waals surface area (Å²) < 4.78 is 16.2. The molecule has 0 aliphatic carbocycles. The van der Waals surface area contributed by atoms with Gasteiger partial charge in [-0.05, 0) is 17.7 Å².